The monoisotopic (exact) mass is 333 g/mol. The molecule has 0 aliphatic rings. The molecule has 0 saturated heterocycles. The van der Waals surface area contributed by atoms with Crippen molar-refractivity contribution in [3.63, 3.8) is 0 Å². The molecule has 0 aromatic heterocycles. The van der Waals surface area contributed by atoms with E-state index in [1.54, 1.807) is 12.1 Å². The minimum absolute atomic E-state index is 0.122. The lowest BCUT2D eigenvalue weighted by Gasteiger charge is -2.15. The molecule has 2 rings (SSSR count). The van der Waals surface area contributed by atoms with Crippen molar-refractivity contribution < 1.29 is 13.2 Å². The highest BCUT2D eigenvalue weighted by atomic mass is 32.2. The molecule has 0 bridgehead atoms. The fraction of sp³-hybridized carbons (Fsp3) is 0.333. The predicted octanol–water partition coefficient (Wildman–Crippen LogP) is 4.03. The van der Waals surface area contributed by atoms with Gasteiger partial charge in [0.25, 0.3) is 0 Å². The predicted molar refractivity (Wildman–Crippen MR) is 94.4 cm³/mol. The molecule has 0 unspecified atom stereocenters. The highest BCUT2D eigenvalue weighted by Crippen LogP contribution is 2.28. The number of hydrogen-bond acceptors (Lipinski definition) is 3. The van der Waals surface area contributed by atoms with E-state index in [2.05, 4.69) is 4.72 Å². The highest BCUT2D eigenvalue weighted by Gasteiger charge is 2.12. The first-order valence-electron chi connectivity index (χ1n) is 7.69. The summed E-state index contributed by atoms with van der Waals surface area (Å²) in [6.07, 6.45) is 0.589. The molecule has 0 aliphatic heterocycles. The SMILES string of the molecule is CCCS(=O)(=O)Nc1cc(C)c(OCc2ccccc2)c(C)c1. The molecular weight excluding hydrogens is 310 g/mol. The van der Waals surface area contributed by atoms with Crippen LogP contribution in [0.3, 0.4) is 0 Å². The first kappa shape index (κ1) is 17.3. The van der Waals surface area contributed by atoms with E-state index in [9.17, 15) is 8.42 Å². The van der Waals surface area contributed by atoms with Gasteiger partial charge in [0, 0.05) is 5.69 Å². The zero-order chi connectivity index (χ0) is 16.9. The number of hydrogen-bond donors (Lipinski definition) is 1. The van der Waals surface area contributed by atoms with Gasteiger partial charge in [0.2, 0.25) is 10.0 Å². The second-order valence-electron chi connectivity index (χ2n) is 5.63. The molecule has 4 nitrogen and oxygen atoms in total. The van der Waals surface area contributed by atoms with Gasteiger partial charge in [0.15, 0.2) is 0 Å². The van der Waals surface area contributed by atoms with Gasteiger partial charge in [-0.2, -0.15) is 0 Å². The van der Waals surface area contributed by atoms with Crippen LogP contribution in [0.1, 0.15) is 30.0 Å². The van der Waals surface area contributed by atoms with E-state index < -0.39 is 10.0 Å². The normalized spacial score (nSPS) is 11.3. The smallest absolute Gasteiger partial charge is 0.232 e. The van der Waals surface area contributed by atoms with Crippen LogP contribution in [-0.2, 0) is 16.6 Å². The zero-order valence-corrected chi connectivity index (χ0v) is 14.6. The summed E-state index contributed by atoms with van der Waals surface area (Å²) in [5.41, 5.74) is 3.50. The number of anilines is 1. The Hall–Kier alpha value is -2.01. The summed E-state index contributed by atoms with van der Waals surface area (Å²) in [7, 11) is -3.28. The number of nitrogens with one attached hydrogen (secondary N) is 1. The maximum absolute atomic E-state index is 11.9. The summed E-state index contributed by atoms with van der Waals surface area (Å²) in [6.45, 7) is 6.18. The van der Waals surface area contributed by atoms with Gasteiger partial charge in [-0.15, -0.1) is 0 Å². The van der Waals surface area contributed by atoms with Crippen molar-refractivity contribution in [3.8, 4) is 5.75 Å². The van der Waals surface area contributed by atoms with Crippen molar-refractivity contribution in [2.24, 2.45) is 0 Å². The average molecular weight is 333 g/mol. The molecule has 124 valence electrons. The van der Waals surface area contributed by atoms with Gasteiger partial charge < -0.3 is 4.74 Å². The van der Waals surface area contributed by atoms with Crippen LogP contribution in [0.4, 0.5) is 5.69 Å². The summed E-state index contributed by atoms with van der Waals surface area (Å²) in [6, 6.07) is 13.6. The third-order valence-electron chi connectivity index (χ3n) is 3.43. The summed E-state index contributed by atoms with van der Waals surface area (Å²) in [5.74, 6) is 0.921. The van der Waals surface area contributed by atoms with Crippen LogP contribution in [0.5, 0.6) is 5.75 Å². The van der Waals surface area contributed by atoms with Gasteiger partial charge in [-0.3, -0.25) is 4.72 Å². The average Bonchev–Trinajstić information content (AvgIpc) is 2.46. The lowest BCUT2D eigenvalue weighted by molar-refractivity contribution is 0.302. The standard InChI is InChI=1S/C18H23NO3S/c1-4-10-23(20,21)19-17-11-14(2)18(15(3)12-17)22-13-16-8-6-5-7-9-16/h5-9,11-12,19H,4,10,13H2,1-3H3. The molecular formula is C18H23NO3S. The van der Waals surface area contributed by atoms with Gasteiger partial charge in [0.05, 0.1) is 5.75 Å². The Labute approximate surface area is 138 Å². The Bertz CT molecular complexity index is 732. The van der Waals surface area contributed by atoms with Crippen molar-refractivity contribution in [2.75, 3.05) is 10.5 Å². The second kappa shape index (κ2) is 7.51. The van der Waals surface area contributed by atoms with E-state index >= 15 is 0 Å². The van der Waals surface area contributed by atoms with E-state index in [1.165, 1.54) is 0 Å². The van der Waals surface area contributed by atoms with Crippen molar-refractivity contribution in [3.05, 3.63) is 59.2 Å². The fourth-order valence-electron chi connectivity index (χ4n) is 2.47. The Morgan fingerprint density at radius 1 is 1.04 bits per heavy atom. The van der Waals surface area contributed by atoms with Crippen LogP contribution >= 0.6 is 0 Å². The minimum atomic E-state index is -3.28. The highest BCUT2D eigenvalue weighted by molar-refractivity contribution is 7.92. The number of sulfonamides is 1. The molecule has 2 aromatic rings. The van der Waals surface area contributed by atoms with Gasteiger partial charge in [0.1, 0.15) is 12.4 Å². The van der Waals surface area contributed by atoms with Crippen LogP contribution in [0.15, 0.2) is 42.5 Å². The minimum Gasteiger partial charge on any atom is -0.488 e. The van der Waals surface area contributed by atoms with Crippen LogP contribution < -0.4 is 9.46 Å². The molecule has 0 saturated carbocycles. The molecule has 0 atom stereocenters. The van der Waals surface area contributed by atoms with E-state index in [0.717, 1.165) is 22.4 Å². The van der Waals surface area contributed by atoms with Gasteiger partial charge in [-0.1, -0.05) is 37.3 Å². The number of rotatable bonds is 7. The maximum Gasteiger partial charge on any atom is 0.232 e. The molecule has 0 aliphatic carbocycles. The van der Waals surface area contributed by atoms with E-state index in [0.29, 0.717) is 18.7 Å². The third kappa shape index (κ3) is 4.99. The molecule has 5 heteroatoms. The largest absolute Gasteiger partial charge is 0.488 e. The van der Waals surface area contributed by atoms with Crippen LogP contribution in [-0.4, -0.2) is 14.2 Å². The first-order chi connectivity index (χ1) is 10.9. The van der Waals surface area contributed by atoms with Crippen molar-refractivity contribution in [1.29, 1.82) is 0 Å². The van der Waals surface area contributed by atoms with E-state index in [1.807, 2.05) is 51.1 Å². The first-order valence-corrected chi connectivity index (χ1v) is 9.35. The number of aryl methyl sites for hydroxylation is 2. The molecule has 0 amide bonds. The third-order valence-corrected chi connectivity index (χ3v) is 4.92. The van der Waals surface area contributed by atoms with Gasteiger partial charge in [-0.25, -0.2) is 8.42 Å². The lowest BCUT2D eigenvalue weighted by Crippen LogP contribution is -2.16. The molecule has 0 fully saturated rings. The summed E-state index contributed by atoms with van der Waals surface area (Å²) >= 11 is 0. The molecule has 0 heterocycles. The molecule has 0 radical (unpaired) electrons. The quantitative estimate of drug-likeness (QED) is 0.832. The molecule has 2 aromatic carbocycles. The Balaban J connectivity index is 2.14. The fourth-order valence-corrected chi connectivity index (χ4v) is 3.58. The molecule has 23 heavy (non-hydrogen) atoms. The second-order valence-corrected chi connectivity index (χ2v) is 7.48. The van der Waals surface area contributed by atoms with Crippen LogP contribution in [0.2, 0.25) is 0 Å². The topological polar surface area (TPSA) is 55.4 Å². The van der Waals surface area contributed by atoms with Gasteiger partial charge in [-0.05, 0) is 49.1 Å². The van der Waals surface area contributed by atoms with E-state index in [-0.39, 0.29) is 5.75 Å². The number of benzene rings is 2. The zero-order valence-electron chi connectivity index (χ0n) is 13.8. The van der Waals surface area contributed by atoms with Gasteiger partial charge >= 0.3 is 0 Å². The molecule has 1 N–H and O–H groups in total. The van der Waals surface area contributed by atoms with E-state index in [4.69, 9.17) is 4.74 Å². The Kier molecular flexibility index (Phi) is 5.66. The van der Waals surface area contributed by atoms with Crippen molar-refractivity contribution >= 4 is 15.7 Å². The van der Waals surface area contributed by atoms with Crippen molar-refractivity contribution in [2.45, 2.75) is 33.8 Å². The molecule has 0 spiro atoms. The summed E-state index contributed by atoms with van der Waals surface area (Å²) < 4.78 is 32.3. The Morgan fingerprint density at radius 2 is 1.65 bits per heavy atom. The number of ether oxygens (including phenoxy) is 1. The van der Waals surface area contributed by atoms with Crippen LogP contribution in [0, 0.1) is 13.8 Å². The summed E-state index contributed by atoms with van der Waals surface area (Å²) in [5, 5.41) is 0. The van der Waals surface area contributed by atoms with Crippen molar-refractivity contribution in [1.82, 2.24) is 0 Å². The van der Waals surface area contributed by atoms with Crippen LogP contribution in [0.25, 0.3) is 0 Å². The summed E-state index contributed by atoms with van der Waals surface area (Å²) in [4.78, 5) is 0. The Morgan fingerprint density at radius 3 is 2.22 bits per heavy atom. The maximum atomic E-state index is 11.9. The lowest BCUT2D eigenvalue weighted by atomic mass is 10.1.